The van der Waals surface area contributed by atoms with E-state index < -0.39 is 41.3 Å². The van der Waals surface area contributed by atoms with Gasteiger partial charge in [0.1, 0.15) is 17.2 Å². The van der Waals surface area contributed by atoms with Crippen molar-refractivity contribution in [3.05, 3.63) is 34.1 Å². The van der Waals surface area contributed by atoms with Crippen LogP contribution < -0.4 is 14.8 Å². The number of hydrogen-bond donors (Lipinski definition) is 1. The molecule has 1 rings (SSSR count). The van der Waals surface area contributed by atoms with Crippen molar-refractivity contribution < 1.29 is 27.8 Å². The summed E-state index contributed by atoms with van der Waals surface area (Å²) in [5.41, 5.74) is 6.00. The van der Waals surface area contributed by atoms with E-state index in [0.717, 1.165) is 18.2 Å². The van der Waals surface area contributed by atoms with Gasteiger partial charge in [-0.3, -0.25) is 0 Å². The van der Waals surface area contributed by atoms with Crippen molar-refractivity contribution in [1.29, 1.82) is 5.53 Å². The molecular weight excluding hydrogens is 315 g/mol. The van der Waals surface area contributed by atoms with E-state index in [1.54, 1.807) is 0 Å². The number of carbonyl (C=O) groups excluding carboxylic acids is 1. The van der Waals surface area contributed by atoms with Crippen LogP contribution in [0.4, 0.5) is 13.2 Å². The van der Waals surface area contributed by atoms with Crippen LogP contribution in [-0.2, 0) is 4.79 Å². The molecule has 0 aliphatic carbocycles. The Hall–Kier alpha value is -2.38. The second-order valence-electron chi connectivity index (χ2n) is 3.55. The Kier molecular flexibility index (Phi) is 5.89. The second kappa shape index (κ2) is 7.41. The Morgan fingerprint density at radius 3 is 2.71 bits per heavy atom. The van der Waals surface area contributed by atoms with Crippen molar-refractivity contribution in [1.82, 2.24) is 4.91 Å². The zero-order valence-electron chi connectivity index (χ0n) is 10.1. The van der Waals surface area contributed by atoms with Crippen LogP contribution in [-0.4, -0.2) is 19.1 Å². The molecule has 0 aliphatic heterocycles. The van der Waals surface area contributed by atoms with Crippen LogP contribution in [0.15, 0.2) is 22.8 Å². The van der Waals surface area contributed by atoms with Crippen LogP contribution >= 0.6 is 11.6 Å². The Morgan fingerprint density at radius 2 is 2.24 bits per heavy atom. The first kappa shape index (κ1) is 16.7. The van der Waals surface area contributed by atoms with Gasteiger partial charge in [-0.2, -0.15) is 8.78 Å². The summed E-state index contributed by atoms with van der Waals surface area (Å²) in [5.74, 6) is -3.63. The lowest BCUT2D eigenvalue weighted by Crippen LogP contribution is -2.25. The fraction of sp³-hybridized carbons (Fsp3) is 0.182. The maximum Gasteiger partial charge on any atom is 0.387 e. The van der Waals surface area contributed by atoms with Gasteiger partial charge < -0.3 is 14.6 Å². The number of ether oxygens (including phenoxy) is 1. The Bertz CT molecular complexity index is 607. The number of nitrogens with zero attached hydrogens (tertiary/aromatic N) is 2. The zero-order chi connectivity index (χ0) is 16.0. The van der Waals surface area contributed by atoms with E-state index in [0.29, 0.717) is 0 Å². The summed E-state index contributed by atoms with van der Waals surface area (Å²) in [5, 5.41) is 13.5. The number of carboxylic acids is 1. The molecule has 1 aromatic carbocycles. The molecule has 0 amide bonds. The molecule has 0 radical (unpaired) electrons. The zero-order valence-corrected chi connectivity index (χ0v) is 10.9. The molecule has 0 aromatic heterocycles. The van der Waals surface area contributed by atoms with Gasteiger partial charge in [0.2, 0.25) is 4.91 Å². The smallest absolute Gasteiger partial charge is 0.387 e. The summed E-state index contributed by atoms with van der Waals surface area (Å²) >= 11 is 5.58. The van der Waals surface area contributed by atoms with E-state index in [4.69, 9.17) is 17.1 Å². The summed E-state index contributed by atoms with van der Waals surface area (Å²) in [7, 11) is 0. The van der Waals surface area contributed by atoms with E-state index in [1.165, 1.54) is 0 Å². The number of rotatable bonds is 6. The van der Waals surface area contributed by atoms with Crippen molar-refractivity contribution in [2.24, 2.45) is 5.11 Å². The van der Waals surface area contributed by atoms with Gasteiger partial charge in [0.25, 0.3) is 0 Å². The first-order valence-electron chi connectivity index (χ1n) is 5.24. The quantitative estimate of drug-likeness (QED) is 0.491. The van der Waals surface area contributed by atoms with E-state index >= 15 is 0 Å². The molecule has 21 heavy (non-hydrogen) atoms. The minimum absolute atomic E-state index is 0.0292. The third-order valence-corrected chi connectivity index (χ3v) is 2.42. The van der Waals surface area contributed by atoms with Crippen LogP contribution in [0.5, 0.6) is 5.75 Å². The summed E-state index contributed by atoms with van der Waals surface area (Å²) < 4.78 is 41.6. The van der Waals surface area contributed by atoms with Crippen molar-refractivity contribution in [2.75, 3.05) is 6.54 Å². The average Bonchev–Trinajstić information content (AvgIpc) is 2.38. The maximum atomic E-state index is 13.6. The monoisotopic (exact) mass is 321 g/mol. The number of aliphatic carboxylic acids is 1. The van der Waals surface area contributed by atoms with Crippen molar-refractivity contribution in [2.45, 2.75) is 6.61 Å². The molecule has 0 bridgehead atoms. The summed E-state index contributed by atoms with van der Waals surface area (Å²) in [4.78, 5) is 13.4. The van der Waals surface area contributed by atoms with E-state index in [1.807, 2.05) is 0 Å². The van der Waals surface area contributed by atoms with Crippen molar-refractivity contribution in [3.63, 3.8) is 0 Å². The first-order chi connectivity index (χ1) is 9.85. The van der Waals surface area contributed by atoms with Crippen LogP contribution in [0.25, 0.3) is 6.08 Å². The van der Waals surface area contributed by atoms with Gasteiger partial charge in [-0.1, -0.05) is 11.6 Å². The molecule has 0 aliphatic rings. The fourth-order valence-corrected chi connectivity index (χ4v) is 1.61. The van der Waals surface area contributed by atoms with Crippen LogP contribution in [0.1, 0.15) is 5.56 Å². The minimum atomic E-state index is -3.25. The molecule has 10 heteroatoms. The molecule has 0 unspecified atom stereocenters. The van der Waals surface area contributed by atoms with E-state index in [9.17, 15) is 23.1 Å². The number of halogens is 4. The van der Waals surface area contributed by atoms with Crippen LogP contribution in [0.3, 0.4) is 0 Å². The van der Waals surface area contributed by atoms with E-state index in [-0.39, 0.29) is 5.56 Å². The number of carboxylic acid groups (broad SMARTS) is 1. The topological polar surface area (TPSA) is 99.7 Å². The highest BCUT2D eigenvalue weighted by Crippen LogP contribution is 2.31. The van der Waals surface area contributed by atoms with E-state index in [2.05, 4.69) is 14.8 Å². The highest BCUT2D eigenvalue weighted by molar-refractivity contribution is 6.32. The van der Waals surface area contributed by atoms with Gasteiger partial charge in [0.15, 0.2) is 11.6 Å². The van der Waals surface area contributed by atoms with Gasteiger partial charge >= 0.3 is 6.61 Å². The molecule has 1 aromatic rings. The summed E-state index contributed by atoms with van der Waals surface area (Å²) in [6.07, 6.45) is 0.963. The number of carbonyl (C=O) groups is 1. The summed E-state index contributed by atoms with van der Waals surface area (Å²) in [6, 6.07) is 1.79. The van der Waals surface area contributed by atoms with Crippen LogP contribution in [0, 0.1) is 11.3 Å². The third kappa shape index (κ3) is 4.90. The minimum Gasteiger partial charge on any atom is -0.545 e. The Labute approximate surface area is 121 Å². The van der Waals surface area contributed by atoms with Gasteiger partial charge in [0, 0.05) is 5.57 Å². The molecule has 0 heterocycles. The summed E-state index contributed by atoms with van der Waals surface area (Å²) in [6.45, 7) is -3.73. The number of hydrogen-bond acceptors (Lipinski definition) is 5. The average molecular weight is 322 g/mol. The number of nitrogens with one attached hydrogen (secondary N) is 1. The van der Waals surface area contributed by atoms with Crippen molar-refractivity contribution in [3.8, 4) is 5.75 Å². The predicted octanol–water partition coefficient (Wildman–Crippen LogP) is 1.76. The molecule has 0 saturated carbocycles. The molecule has 0 atom stereocenters. The molecule has 1 N–H and O–H groups in total. The lowest BCUT2D eigenvalue weighted by molar-refractivity contribution is -0.299. The third-order valence-electron chi connectivity index (χ3n) is 2.14. The Balaban J connectivity index is 3.19. The highest BCUT2D eigenvalue weighted by Gasteiger charge is 2.15. The van der Waals surface area contributed by atoms with Gasteiger partial charge in [0.05, 0.1) is 11.0 Å². The largest absolute Gasteiger partial charge is 0.545 e. The lowest BCUT2D eigenvalue weighted by atomic mass is 10.1. The highest BCUT2D eigenvalue weighted by atomic mass is 35.5. The molecule has 0 spiro atoms. The Morgan fingerprint density at radius 1 is 1.57 bits per heavy atom. The second-order valence-corrected chi connectivity index (χ2v) is 3.96. The number of benzene rings is 1. The first-order valence-corrected chi connectivity index (χ1v) is 5.62. The normalized spacial score (nSPS) is 11.2. The lowest BCUT2D eigenvalue weighted by Gasteiger charge is -2.09. The molecule has 6 nitrogen and oxygen atoms in total. The van der Waals surface area contributed by atoms with Gasteiger partial charge in [-0.05, 0) is 23.8 Å². The molecule has 0 saturated heterocycles. The standard InChI is InChI=1S/C11H7ClF3N3O3/c12-7-2-5(1-6(10(19)20)4-17-18-16)3-8(13)9(7)21-11(14)15/h1-3,11,16H,4H2. The van der Waals surface area contributed by atoms with Crippen molar-refractivity contribution >= 4 is 23.6 Å². The predicted molar refractivity (Wildman–Crippen MR) is 63.2 cm³/mol. The van der Waals surface area contributed by atoms with Crippen LogP contribution in [0.2, 0.25) is 5.02 Å². The maximum absolute atomic E-state index is 13.6. The molecular formula is C11H7ClF3N3O3. The molecule has 112 valence electrons. The van der Waals surface area contributed by atoms with Gasteiger partial charge in [-0.15, -0.1) is 0 Å². The van der Waals surface area contributed by atoms with Gasteiger partial charge in [-0.25, -0.2) is 4.39 Å². The SMILES string of the molecule is N=[N+]=NCC(=Cc1cc(F)c(OC(F)F)c(Cl)c1)C(=O)[O-]. The number of alkyl halides is 2. The fourth-order valence-electron chi connectivity index (χ4n) is 1.35. The molecule has 0 fully saturated rings.